The van der Waals surface area contributed by atoms with Gasteiger partial charge in [-0.1, -0.05) is 0 Å². The van der Waals surface area contributed by atoms with E-state index < -0.39 is 17.9 Å². The molecule has 1 rings (SSSR count). The lowest BCUT2D eigenvalue weighted by atomic mass is 9.72. The zero-order valence-corrected chi connectivity index (χ0v) is 9.38. The van der Waals surface area contributed by atoms with Crippen molar-refractivity contribution in [1.82, 2.24) is 4.90 Å². The van der Waals surface area contributed by atoms with Gasteiger partial charge in [-0.2, -0.15) is 11.8 Å². The molecular weight excluding hydrogens is 214 g/mol. The van der Waals surface area contributed by atoms with Crippen LogP contribution in [0.1, 0.15) is 12.8 Å². The maximum Gasteiger partial charge on any atom is 0.339 e. The molecule has 1 fully saturated rings. The highest BCUT2D eigenvalue weighted by atomic mass is 16.7. The summed E-state index contributed by atoms with van der Waals surface area (Å²) >= 11 is 0. The summed E-state index contributed by atoms with van der Waals surface area (Å²) in [7, 11) is 3.89. The van der Waals surface area contributed by atoms with Crippen LogP contribution < -0.4 is 11.8 Å². The van der Waals surface area contributed by atoms with Gasteiger partial charge in [0.25, 0.3) is 0 Å². The molecule has 0 aliphatic heterocycles. The van der Waals surface area contributed by atoms with E-state index in [0.29, 0.717) is 6.04 Å². The maximum absolute atomic E-state index is 11.3. The van der Waals surface area contributed by atoms with Gasteiger partial charge in [0.15, 0.2) is 5.92 Å². The first-order valence-corrected chi connectivity index (χ1v) is 4.98. The molecule has 0 atom stereocenters. The molecule has 7 heteroatoms. The van der Waals surface area contributed by atoms with Gasteiger partial charge in [0.05, 0.1) is 0 Å². The van der Waals surface area contributed by atoms with Crippen molar-refractivity contribution >= 4 is 11.9 Å². The lowest BCUT2D eigenvalue weighted by Gasteiger charge is -2.41. The first-order chi connectivity index (χ1) is 7.51. The van der Waals surface area contributed by atoms with E-state index in [0.717, 1.165) is 12.8 Å². The summed E-state index contributed by atoms with van der Waals surface area (Å²) in [5, 5.41) is 0. The van der Waals surface area contributed by atoms with Gasteiger partial charge in [-0.3, -0.25) is 0 Å². The van der Waals surface area contributed by atoms with Gasteiger partial charge < -0.3 is 14.6 Å². The Labute approximate surface area is 93.6 Å². The van der Waals surface area contributed by atoms with Gasteiger partial charge in [0, 0.05) is 6.04 Å². The van der Waals surface area contributed by atoms with Gasteiger partial charge in [0.1, 0.15) is 0 Å². The molecule has 16 heavy (non-hydrogen) atoms. The van der Waals surface area contributed by atoms with Crippen LogP contribution in [0.5, 0.6) is 0 Å². The maximum atomic E-state index is 11.3. The largest absolute Gasteiger partial charge is 0.373 e. The van der Waals surface area contributed by atoms with Crippen molar-refractivity contribution in [3.63, 3.8) is 0 Å². The average Bonchev–Trinajstić information content (AvgIpc) is 2.19. The Hall–Kier alpha value is -1.18. The zero-order chi connectivity index (χ0) is 12.3. The van der Waals surface area contributed by atoms with E-state index in [1.54, 1.807) is 0 Å². The van der Waals surface area contributed by atoms with Gasteiger partial charge in [-0.15, -0.1) is 0 Å². The van der Waals surface area contributed by atoms with Crippen molar-refractivity contribution in [2.45, 2.75) is 18.9 Å². The zero-order valence-electron chi connectivity index (χ0n) is 9.38. The fraction of sp³-hybridized carbons (Fsp3) is 0.778. The summed E-state index contributed by atoms with van der Waals surface area (Å²) in [6.45, 7) is 0. The highest BCUT2D eigenvalue weighted by Gasteiger charge is 2.45. The van der Waals surface area contributed by atoms with Gasteiger partial charge in [-0.25, -0.2) is 9.59 Å². The number of nitrogens with two attached hydrogens (primary N) is 2. The third-order valence-electron chi connectivity index (χ3n) is 3.09. The van der Waals surface area contributed by atoms with Gasteiger partial charge in [-0.05, 0) is 32.9 Å². The van der Waals surface area contributed by atoms with E-state index in [-0.39, 0.29) is 5.92 Å². The van der Waals surface area contributed by atoms with E-state index in [4.69, 9.17) is 11.8 Å². The van der Waals surface area contributed by atoms with Crippen LogP contribution in [-0.2, 0) is 19.3 Å². The molecule has 0 bridgehead atoms. The smallest absolute Gasteiger partial charge is 0.339 e. The summed E-state index contributed by atoms with van der Waals surface area (Å²) in [4.78, 5) is 32.8. The Kier molecular flexibility index (Phi) is 4.22. The molecular formula is C9H17N3O4. The molecule has 1 aliphatic rings. The molecule has 0 aromatic rings. The fourth-order valence-electron chi connectivity index (χ4n) is 1.95. The number of hydrogen-bond donors (Lipinski definition) is 2. The van der Waals surface area contributed by atoms with Crippen molar-refractivity contribution in [2.75, 3.05) is 14.1 Å². The lowest BCUT2D eigenvalue weighted by Crippen LogP contribution is -2.48. The molecule has 0 aromatic heterocycles. The van der Waals surface area contributed by atoms with Crippen LogP contribution in [-0.4, -0.2) is 37.0 Å². The van der Waals surface area contributed by atoms with E-state index in [1.165, 1.54) is 0 Å². The van der Waals surface area contributed by atoms with Crippen LogP contribution in [0.2, 0.25) is 0 Å². The molecule has 0 aromatic carbocycles. The van der Waals surface area contributed by atoms with Crippen molar-refractivity contribution in [2.24, 2.45) is 23.6 Å². The molecule has 0 saturated heterocycles. The first-order valence-electron chi connectivity index (χ1n) is 4.98. The minimum Gasteiger partial charge on any atom is -0.373 e. The van der Waals surface area contributed by atoms with Crippen molar-refractivity contribution in [3.05, 3.63) is 0 Å². The highest BCUT2D eigenvalue weighted by Crippen LogP contribution is 2.37. The van der Waals surface area contributed by atoms with Gasteiger partial charge >= 0.3 is 11.9 Å². The Bertz CT molecular complexity index is 260. The second kappa shape index (κ2) is 5.24. The Balaban J connectivity index is 2.60. The quantitative estimate of drug-likeness (QED) is 0.461. The second-order valence-corrected chi connectivity index (χ2v) is 4.20. The van der Waals surface area contributed by atoms with Crippen LogP contribution in [0.4, 0.5) is 0 Å². The van der Waals surface area contributed by atoms with Crippen LogP contribution in [0.3, 0.4) is 0 Å². The lowest BCUT2D eigenvalue weighted by molar-refractivity contribution is -0.168. The molecule has 1 aliphatic carbocycles. The predicted octanol–water partition coefficient (Wildman–Crippen LogP) is -1.22. The Morgan fingerprint density at radius 2 is 1.62 bits per heavy atom. The first kappa shape index (κ1) is 12.9. The summed E-state index contributed by atoms with van der Waals surface area (Å²) in [6.07, 6.45) is 1.45. The minimum atomic E-state index is -1.01. The molecule has 92 valence electrons. The third-order valence-corrected chi connectivity index (χ3v) is 3.09. The minimum absolute atomic E-state index is 0.112. The van der Waals surface area contributed by atoms with E-state index in [9.17, 15) is 9.59 Å². The summed E-state index contributed by atoms with van der Waals surface area (Å²) in [5.41, 5.74) is 0. The Morgan fingerprint density at radius 1 is 1.19 bits per heavy atom. The van der Waals surface area contributed by atoms with Gasteiger partial charge in [0.2, 0.25) is 0 Å². The average molecular weight is 231 g/mol. The number of carbonyl (C=O) groups is 2. The van der Waals surface area contributed by atoms with Crippen molar-refractivity contribution in [1.29, 1.82) is 0 Å². The third kappa shape index (κ3) is 2.49. The molecule has 7 nitrogen and oxygen atoms in total. The standard InChI is InChI=1S/C9H17N3O4/c1-12(2)6-3-5(4-6)7(8(13)15-10)9(14)16-11/h5-7H,3-4,10-11H2,1-2H3. The number of nitrogens with zero attached hydrogens (tertiary/aromatic N) is 1. The normalized spacial score (nSPS) is 24.1. The summed E-state index contributed by atoms with van der Waals surface area (Å²) < 4.78 is 0. The van der Waals surface area contributed by atoms with Crippen LogP contribution in [0.15, 0.2) is 0 Å². The summed E-state index contributed by atoms with van der Waals surface area (Å²) in [6, 6.07) is 0.364. The molecule has 1 saturated carbocycles. The molecule has 0 heterocycles. The molecule has 4 N–H and O–H groups in total. The van der Waals surface area contributed by atoms with Crippen LogP contribution in [0, 0.1) is 11.8 Å². The van der Waals surface area contributed by atoms with E-state index >= 15 is 0 Å². The molecule has 0 amide bonds. The topological polar surface area (TPSA) is 108 Å². The van der Waals surface area contributed by atoms with Crippen molar-refractivity contribution in [3.8, 4) is 0 Å². The fourth-order valence-corrected chi connectivity index (χ4v) is 1.95. The molecule has 0 spiro atoms. The van der Waals surface area contributed by atoms with E-state index in [2.05, 4.69) is 9.68 Å². The van der Waals surface area contributed by atoms with Crippen LogP contribution in [0.25, 0.3) is 0 Å². The number of hydrogen-bond acceptors (Lipinski definition) is 7. The summed E-state index contributed by atoms with van der Waals surface area (Å²) in [5.74, 6) is 6.83. The Morgan fingerprint density at radius 3 is 1.94 bits per heavy atom. The second-order valence-electron chi connectivity index (χ2n) is 4.20. The number of rotatable bonds is 4. The number of carbonyl (C=O) groups excluding carboxylic acids is 2. The van der Waals surface area contributed by atoms with Crippen LogP contribution >= 0.6 is 0 Å². The molecule has 0 unspecified atom stereocenters. The van der Waals surface area contributed by atoms with E-state index in [1.807, 2.05) is 19.0 Å². The SMILES string of the molecule is CN(C)C1CC(C(C(=O)ON)C(=O)ON)C1. The highest BCUT2D eigenvalue weighted by molar-refractivity contribution is 5.95. The monoisotopic (exact) mass is 231 g/mol. The van der Waals surface area contributed by atoms with Crippen molar-refractivity contribution < 1.29 is 19.3 Å². The molecule has 0 radical (unpaired) electrons. The predicted molar refractivity (Wildman–Crippen MR) is 54.2 cm³/mol.